The Labute approximate surface area is 197 Å². The van der Waals surface area contributed by atoms with E-state index in [-0.39, 0.29) is 24.3 Å². The maximum atomic E-state index is 13.0. The van der Waals surface area contributed by atoms with Crippen LogP contribution in [0, 0.1) is 0 Å². The maximum Gasteiger partial charge on any atom is 0.251 e. The first-order chi connectivity index (χ1) is 16.6. The van der Waals surface area contributed by atoms with Crippen LogP contribution in [0.3, 0.4) is 0 Å². The molecule has 34 heavy (non-hydrogen) atoms. The number of para-hydroxylation sites is 1. The molecule has 2 aromatic carbocycles. The topological polar surface area (TPSA) is 103 Å². The zero-order valence-electron chi connectivity index (χ0n) is 19.1. The van der Waals surface area contributed by atoms with Gasteiger partial charge in [0.15, 0.2) is 11.5 Å². The molecule has 0 bridgehead atoms. The van der Waals surface area contributed by atoms with Crippen molar-refractivity contribution in [2.45, 2.75) is 31.3 Å². The lowest BCUT2D eigenvalue weighted by Crippen LogP contribution is -2.46. The van der Waals surface area contributed by atoms with Gasteiger partial charge >= 0.3 is 0 Å². The third kappa shape index (κ3) is 4.01. The number of likely N-dealkylation sites (tertiary alicyclic amines) is 1. The van der Waals surface area contributed by atoms with E-state index < -0.39 is 6.04 Å². The van der Waals surface area contributed by atoms with E-state index >= 15 is 0 Å². The van der Waals surface area contributed by atoms with Gasteiger partial charge in [0.25, 0.3) is 5.91 Å². The lowest BCUT2D eigenvalue weighted by molar-refractivity contribution is -0.123. The van der Waals surface area contributed by atoms with E-state index in [1.54, 1.807) is 31.1 Å². The zero-order chi connectivity index (χ0) is 23.7. The second-order valence-corrected chi connectivity index (χ2v) is 8.39. The summed E-state index contributed by atoms with van der Waals surface area (Å²) < 4.78 is 10.7. The van der Waals surface area contributed by atoms with Crippen molar-refractivity contribution in [1.29, 1.82) is 0 Å². The van der Waals surface area contributed by atoms with Gasteiger partial charge in [0.2, 0.25) is 11.7 Å². The van der Waals surface area contributed by atoms with Crippen LogP contribution in [0.15, 0.2) is 48.5 Å². The Hall–Kier alpha value is -3.79. The summed E-state index contributed by atoms with van der Waals surface area (Å²) in [6.07, 6.45) is 1.75. The Kier molecular flexibility index (Phi) is 5.97. The fourth-order valence-corrected chi connectivity index (χ4v) is 4.65. The predicted octanol–water partition coefficient (Wildman–Crippen LogP) is 2.33. The molecule has 2 aliphatic rings. The number of imide groups is 1. The lowest BCUT2D eigenvalue weighted by Gasteiger charge is -2.34. The van der Waals surface area contributed by atoms with Gasteiger partial charge in [0.05, 0.1) is 38.4 Å². The molecule has 0 radical (unpaired) electrons. The molecule has 0 unspecified atom stereocenters. The van der Waals surface area contributed by atoms with Gasteiger partial charge in [-0.05, 0) is 48.4 Å². The largest absolute Gasteiger partial charge is 0.493 e. The number of carbonyl (C=O) groups excluding carboxylic acids is 2. The molecule has 10 heteroatoms. The number of hydrogen-bond donors (Lipinski definition) is 0. The van der Waals surface area contributed by atoms with Crippen molar-refractivity contribution in [3.63, 3.8) is 0 Å². The normalized spacial score (nSPS) is 19.6. The van der Waals surface area contributed by atoms with Gasteiger partial charge < -0.3 is 9.47 Å². The molecular weight excluding hydrogens is 436 g/mol. The van der Waals surface area contributed by atoms with Crippen LogP contribution in [0.1, 0.15) is 25.3 Å². The minimum atomic E-state index is -0.417. The molecular formula is C24H26N6O4. The van der Waals surface area contributed by atoms with Crippen LogP contribution in [0.4, 0.5) is 5.69 Å². The molecule has 3 heterocycles. The summed E-state index contributed by atoms with van der Waals surface area (Å²) in [4.78, 5) is 30.7. The highest BCUT2D eigenvalue weighted by atomic mass is 16.5. The molecule has 0 N–H and O–H groups in total. The van der Waals surface area contributed by atoms with E-state index in [4.69, 9.17) is 9.47 Å². The smallest absolute Gasteiger partial charge is 0.251 e. The molecule has 176 valence electrons. The minimum Gasteiger partial charge on any atom is -0.493 e. The molecule has 3 aromatic rings. The summed E-state index contributed by atoms with van der Waals surface area (Å²) in [5.41, 5.74) is 1.42. The summed E-state index contributed by atoms with van der Waals surface area (Å²) in [5.74, 6) is 1.45. The number of hydrogen-bond acceptors (Lipinski definition) is 8. The summed E-state index contributed by atoms with van der Waals surface area (Å²) >= 11 is 0. The zero-order valence-corrected chi connectivity index (χ0v) is 19.1. The van der Waals surface area contributed by atoms with Crippen LogP contribution in [-0.4, -0.2) is 70.3 Å². The van der Waals surface area contributed by atoms with E-state index in [9.17, 15) is 9.59 Å². The molecule has 0 aliphatic carbocycles. The number of carbonyl (C=O) groups is 2. The third-order valence-corrected chi connectivity index (χ3v) is 6.47. The molecule has 2 saturated heterocycles. The fourth-order valence-electron chi connectivity index (χ4n) is 4.65. The summed E-state index contributed by atoms with van der Waals surface area (Å²) in [5, 5.41) is 13.1. The van der Waals surface area contributed by atoms with Gasteiger partial charge in [0, 0.05) is 18.7 Å². The van der Waals surface area contributed by atoms with Gasteiger partial charge in [-0.15, -0.1) is 10.2 Å². The Morgan fingerprint density at radius 2 is 1.68 bits per heavy atom. The fraction of sp³-hybridized carbons (Fsp3) is 0.375. The number of tetrazole rings is 1. The van der Waals surface area contributed by atoms with Gasteiger partial charge in [-0.2, -0.15) is 4.80 Å². The number of amides is 2. The predicted molar refractivity (Wildman–Crippen MR) is 124 cm³/mol. The van der Waals surface area contributed by atoms with Crippen molar-refractivity contribution < 1.29 is 19.1 Å². The average Bonchev–Trinajstić information content (AvgIpc) is 3.49. The van der Waals surface area contributed by atoms with Crippen LogP contribution >= 0.6 is 0 Å². The van der Waals surface area contributed by atoms with Crippen molar-refractivity contribution in [3.05, 3.63) is 48.5 Å². The van der Waals surface area contributed by atoms with Crippen LogP contribution < -0.4 is 14.4 Å². The first kappa shape index (κ1) is 22.0. The standard InChI is InChI=1S/C24H26N6O4/c1-33-20-9-8-16(14-21(20)34-2)23-25-27-30(26-23)18-10-12-28(13-11-18)19-15-22(31)29(24(19)32)17-6-4-3-5-7-17/h3-9,14,18-19H,10-13,15H2,1-2H3/t19-/m1/s1. The number of piperidine rings is 1. The number of nitrogens with zero attached hydrogens (tertiary/aromatic N) is 6. The first-order valence-corrected chi connectivity index (χ1v) is 11.3. The summed E-state index contributed by atoms with van der Waals surface area (Å²) in [6, 6.07) is 14.3. The van der Waals surface area contributed by atoms with E-state index in [2.05, 4.69) is 20.3 Å². The number of methoxy groups -OCH3 is 2. The second-order valence-electron chi connectivity index (χ2n) is 8.39. The van der Waals surface area contributed by atoms with E-state index in [1.165, 1.54) is 4.90 Å². The number of benzene rings is 2. The average molecular weight is 463 g/mol. The summed E-state index contributed by atoms with van der Waals surface area (Å²) in [7, 11) is 3.17. The van der Waals surface area contributed by atoms with Crippen LogP contribution in [-0.2, 0) is 9.59 Å². The molecule has 5 rings (SSSR count). The minimum absolute atomic E-state index is 0.0788. The van der Waals surface area contributed by atoms with Gasteiger partial charge in [-0.1, -0.05) is 18.2 Å². The Morgan fingerprint density at radius 3 is 2.38 bits per heavy atom. The Morgan fingerprint density at radius 1 is 0.941 bits per heavy atom. The number of anilines is 1. The van der Waals surface area contributed by atoms with Crippen molar-refractivity contribution in [3.8, 4) is 22.9 Å². The highest BCUT2D eigenvalue weighted by Crippen LogP contribution is 2.32. The van der Waals surface area contributed by atoms with E-state index in [0.717, 1.165) is 18.4 Å². The Balaban J connectivity index is 1.24. The molecule has 2 fully saturated rings. The van der Waals surface area contributed by atoms with Crippen LogP contribution in [0.2, 0.25) is 0 Å². The quantitative estimate of drug-likeness (QED) is 0.515. The molecule has 2 aliphatic heterocycles. The SMILES string of the molecule is COc1ccc(-c2nnn(C3CCN([C@@H]4CC(=O)N(c5ccccc5)C4=O)CC3)n2)cc1OC. The maximum absolute atomic E-state index is 13.0. The second kappa shape index (κ2) is 9.22. The van der Waals surface area contributed by atoms with Crippen LogP contribution in [0.5, 0.6) is 11.5 Å². The first-order valence-electron chi connectivity index (χ1n) is 11.3. The van der Waals surface area contributed by atoms with E-state index in [1.807, 2.05) is 36.4 Å². The van der Waals surface area contributed by atoms with Gasteiger partial charge in [-0.3, -0.25) is 14.5 Å². The number of ether oxygens (including phenoxy) is 2. The van der Waals surface area contributed by atoms with Gasteiger partial charge in [-0.25, -0.2) is 4.90 Å². The number of rotatable bonds is 6. The highest BCUT2D eigenvalue weighted by Gasteiger charge is 2.43. The summed E-state index contributed by atoms with van der Waals surface area (Å²) in [6.45, 7) is 1.37. The molecule has 1 atom stereocenters. The van der Waals surface area contributed by atoms with E-state index in [0.29, 0.717) is 36.1 Å². The van der Waals surface area contributed by atoms with Crippen molar-refractivity contribution >= 4 is 17.5 Å². The van der Waals surface area contributed by atoms with Crippen LogP contribution in [0.25, 0.3) is 11.4 Å². The molecule has 0 saturated carbocycles. The number of aromatic nitrogens is 4. The third-order valence-electron chi connectivity index (χ3n) is 6.47. The van der Waals surface area contributed by atoms with Crippen molar-refractivity contribution in [2.24, 2.45) is 0 Å². The molecule has 2 amide bonds. The van der Waals surface area contributed by atoms with Crippen molar-refractivity contribution in [2.75, 3.05) is 32.2 Å². The molecule has 0 spiro atoms. The molecule has 1 aromatic heterocycles. The molecule has 10 nitrogen and oxygen atoms in total. The van der Waals surface area contributed by atoms with Gasteiger partial charge in [0.1, 0.15) is 0 Å². The van der Waals surface area contributed by atoms with Crippen molar-refractivity contribution in [1.82, 2.24) is 25.1 Å². The Bertz CT molecular complexity index is 1190. The highest BCUT2D eigenvalue weighted by molar-refractivity contribution is 6.22. The monoisotopic (exact) mass is 462 g/mol. The lowest BCUT2D eigenvalue weighted by atomic mass is 10.0.